The predicted octanol–water partition coefficient (Wildman–Crippen LogP) is 1.95. The van der Waals surface area contributed by atoms with Crippen LogP contribution in [0.4, 0.5) is 4.79 Å². The minimum Gasteiger partial charge on any atom is -0.341 e. The maximum Gasteiger partial charge on any atom is 0.326 e. The van der Waals surface area contributed by atoms with E-state index in [0.717, 1.165) is 42.6 Å². The maximum absolute atomic E-state index is 13.2. The van der Waals surface area contributed by atoms with Crippen molar-refractivity contribution in [2.24, 2.45) is 0 Å². The molecule has 2 unspecified atom stereocenters. The predicted molar refractivity (Wildman–Crippen MR) is 96.5 cm³/mol. The van der Waals surface area contributed by atoms with Gasteiger partial charge in [-0.3, -0.25) is 9.59 Å². The van der Waals surface area contributed by atoms with Crippen LogP contribution in [0.2, 0.25) is 0 Å². The Labute approximate surface area is 153 Å². The molecule has 1 aromatic carbocycles. The van der Waals surface area contributed by atoms with Gasteiger partial charge in [0.2, 0.25) is 5.91 Å². The number of rotatable bonds is 3. The van der Waals surface area contributed by atoms with Gasteiger partial charge in [0, 0.05) is 13.1 Å². The number of hydrogen-bond acceptors (Lipinski definition) is 3. The first-order valence-electron chi connectivity index (χ1n) is 9.49. The molecule has 1 N–H and O–H groups in total. The fourth-order valence-corrected chi connectivity index (χ4v) is 4.40. The Bertz CT molecular complexity index is 785. The van der Waals surface area contributed by atoms with Crippen molar-refractivity contribution in [1.29, 1.82) is 0 Å². The molecule has 6 heteroatoms. The number of aryl methyl sites for hydroxylation is 2. The largest absolute Gasteiger partial charge is 0.341 e. The number of urea groups is 1. The van der Waals surface area contributed by atoms with Crippen molar-refractivity contribution < 1.29 is 14.4 Å². The number of fused-ring (bicyclic) bond motifs is 1. The van der Waals surface area contributed by atoms with Crippen molar-refractivity contribution >= 4 is 17.8 Å². The van der Waals surface area contributed by atoms with Crippen molar-refractivity contribution in [3.8, 4) is 0 Å². The monoisotopic (exact) mass is 355 g/mol. The van der Waals surface area contributed by atoms with Crippen LogP contribution in [0.15, 0.2) is 18.2 Å². The van der Waals surface area contributed by atoms with Gasteiger partial charge in [0.15, 0.2) is 0 Å². The summed E-state index contributed by atoms with van der Waals surface area (Å²) < 4.78 is 0. The molecule has 0 saturated carbocycles. The van der Waals surface area contributed by atoms with Gasteiger partial charge in [-0.15, -0.1) is 0 Å². The third-order valence-electron chi connectivity index (χ3n) is 6.06. The van der Waals surface area contributed by atoms with Crippen LogP contribution >= 0.6 is 0 Å². The van der Waals surface area contributed by atoms with Crippen molar-refractivity contribution in [1.82, 2.24) is 15.1 Å². The van der Waals surface area contributed by atoms with E-state index in [9.17, 15) is 14.4 Å². The lowest BCUT2D eigenvalue weighted by Crippen LogP contribution is -2.50. The second kappa shape index (κ2) is 6.11. The van der Waals surface area contributed by atoms with Crippen LogP contribution in [-0.4, -0.2) is 46.8 Å². The Morgan fingerprint density at radius 3 is 2.54 bits per heavy atom. The highest BCUT2D eigenvalue weighted by molar-refractivity contribution is 6.10. The SMILES string of the molecule is CC(C(=O)N1CCCC1)N1C(=O)NC(C)(c2ccc3c(c2)CCC3)C1=O. The van der Waals surface area contributed by atoms with Crippen molar-refractivity contribution in [2.45, 2.75) is 57.5 Å². The lowest BCUT2D eigenvalue weighted by molar-refractivity contribution is -0.142. The number of nitrogens with one attached hydrogen (secondary N) is 1. The molecule has 138 valence electrons. The fraction of sp³-hybridized carbons (Fsp3) is 0.550. The topological polar surface area (TPSA) is 69.7 Å². The van der Waals surface area contributed by atoms with Crippen LogP contribution in [0, 0.1) is 0 Å². The zero-order valence-corrected chi connectivity index (χ0v) is 15.4. The number of benzene rings is 1. The third-order valence-corrected chi connectivity index (χ3v) is 6.06. The molecule has 0 radical (unpaired) electrons. The van der Waals surface area contributed by atoms with Gasteiger partial charge in [0.05, 0.1) is 0 Å². The smallest absolute Gasteiger partial charge is 0.326 e. The maximum atomic E-state index is 13.2. The number of likely N-dealkylation sites (tertiary alicyclic amines) is 1. The van der Waals surface area contributed by atoms with Crippen LogP contribution in [0.1, 0.15) is 49.8 Å². The van der Waals surface area contributed by atoms with Gasteiger partial charge in [0.1, 0.15) is 11.6 Å². The molecule has 2 aliphatic heterocycles. The number of nitrogens with zero attached hydrogens (tertiary/aromatic N) is 2. The summed E-state index contributed by atoms with van der Waals surface area (Å²) in [5.74, 6) is -0.496. The molecular weight excluding hydrogens is 330 g/mol. The highest BCUT2D eigenvalue weighted by atomic mass is 16.2. The Morgan fingerprint density at radius 2 is 1.81 bits per heavy atom. The Morgan fingerprint density at radius 1 is 1.12 bits per heavy atom. The van der Waals surface area contributed by atoms with Crippen molar-refractivity contribution in [3.05, 3.63) is 34.9 Å². The van der Waals surface area contributed by atoms with E-state index in [0.29, 0.717) is 13.1 Å². The molecule has 3 aliphatic rings. The third kappa shape index (κ3) is 2.50. The minimum atomic E-state index is -1.12. The van der Waals surface area contributed by atoms with Gasteiger partial charge in [-0.25, -0.2) is 9.69 Å². The van der Waals surface area contributed by atoms with Gasteiger partial charge in [0.25, 0.3) is 5.91 Å². The van der Waals surface area contributed by atoms with Crippen LogP contribution in [-0.2, 0) is 28.0 Å². The first kappa shape index (κ1) is 17.1. The average Bonchev–Trinajstić information content (AvgIpc) is 3.34. The van der Waals surface area contributed by atoms with Gasteiger partial charge in [-0.1, -0.05) is 18.2 Å². The summed E-state index contributed by atoms with van der Waals surface area (Å²) in [5.41, 5.74) is 2.25. The highest BCUT2D eigenvalue weighted by Crippen LogP contribution is 2.33. The summed E-state index contributed by atoms with van der Waals surface area (Å²) >= 11 is 0. The molecule has 2 saturated heterocycles. The zero-order chi connectivity index (χ0) is 18.5. The summed E-state index contributed by atoms with van der Waals surface area (Å²) in [4.78, 5) is 41.3. The number of imide groups is 1. The van der Waals surface area contributed by atoms with E-state index in [1.54, 1.807) is 18.7 Å². The summed E-state index contributed by atoms with van der Waals surface area (Å²) in [6.45, 7) is 4.79. The summed E-state index contributed by atoms with van der Waals surface area (Å²) in [6, 6.07) is 4.76. The number of carbonyl (C=O) groups is 3. The Kier molecular flexibility index (Phi) is 4.01. The summed E-state index contributed by atoms with van der Waals surface area (Å²) in [5, 5.41) is 2.83. The molecule has 0 spiro atoms. The van der Waals surface area contributed by atoms with E-state index in [4.69, 9.17) is 0 Å². The summed E-state index contributed by atoms with van der Waals surface area (Å²) in [7, 11) is 0. The standard InChI is InChI=1S/C20H25N3O3/c1-13(17(24)22-10-3-4-11-22)23-18(25)20(2,21-19(23)26)16-9-8-14-6-5-7-15(14)12-16/h8-9,12-13H,3-7,10-11H2,1-2H3,(H,21,26). The van der Waals surface area contributed by atoms with E-state index in [-0.39, 0.29) is 11.8 Å². The second-order valence-electron chi connectivity index (χ2n) is 7.78. The van der Waals surface area contributed by atoms with Crippen molar-refractivity contribution in [3.63, 3.8) is 0 Å². The molecule has 6 nitrogen and oxygen atoms in total. The highest BCUT2D eigenvalue weighted by Gasteiger charge is 2.52. The van der Waals surface area contributed by atoms with E-state index in [1.807, 2.05) is 12.1 Å². The molecule has 4 rings (SSSR count). The first-order chi connectivity index (χ1) is 12.4. The number of hydrogen-bond donors (Lipinski definition) is 1. The van der Waals surface area contributed by atoms with Gasteiger partial charge in [-0.05, 0) is 62.6 Å². The molecule has 0 bridgehead atoms. The zero-order valence-electron chi connectivity index (χ0n) is 15.4. The number of carbonyl (C=O) groups excluding carboxylic acids is 3. The number of amides is 4. The summed E-state index contributed by atoms with van der Waals surface area (Å²) in [6.07, 6.45) is 5.16. The van der Waals surface area contributed by atoms with E-state index in [2.05, 4.69) is 11.4 Å². The molecule has 26 heavy (non-hydrogen) atoms. The molecule has 4 amide bonds. The van der Waals surface area contributed by atoms with Crippen LogP contribution in [0.5, 0.6) is 0 Å². The Hall–Kier alpha value is -2.37. The quantitative estimate of drug-likeness (QED) is 0.843. The fourth-order valence-electron chi connectivity index (χ4n) is 4.40. The second-order valence-corrected chi connectivity index (χ2v) is 7.78. The lowest BCUT2D eigenvalue weighted by Gasteiger charge is -2.27. The molecule has 2 heterocycles. The Balaban J connectivity index is 1.61. The first-order valence-corrected chi connectivity index (χ1v) is 9.49. The molecular formula is C20H25N3O3. The minimum absolute atomic E-state index is 0.149. The molecule has 2 fully saturated rings. The van der Waals surface area contributed by atoms with Gasteiger partial charge >= 0.3 is 6.03 Å². The van der Waals surface area contributed by atoms with E-state index >= 15 is 0 Å². The normalized spacial score (nSPS) is 26.2. The van der Waals surface area contributed by atoms with Crippen LogP contribution in [0.3, 0.4) is 0 Å². The van der Waals surface area contributed by atoms with Crippen LogP contribution in [0.25, 0.3) is 0 Å². The van der Waals surface area contributed by atoms with Crippen molar-refractivity contribution in [2.75, 3.05) is 13.1 Å². The molecule has 2 atom stereocenters. The molecule has 1 aliphatic carbocycles. The molecule has 0 aromatic heterocycles. The molecule has 1 aromatic rings. The van der Waals surface area contributed by atoms with Crippen LogP contribution < -0.4 is 5.32 Å². The van der Waals surface area contributed by atoms with Gasteiger partial charge in [-0.2, -0.15) is 0 Å². The van der Waals surface area contributed by atoms with E-state index < -0.39 is 17.6 Å². The van der Waals surface area contributed by atoms with E-state index in [1.165, 1.54) is 11.1 Å². The average molecular weight is 355 g/mol. The van der Waals surface area contributed by atoms with Gasteiger partial charge < -0.3 is 10.2 Å². The lowest BCUT2D eigenvalue weighted by atomic mass is 9.89.